The summed E-state index contributed by atoms with van der Waals surface area (Å²) >= 11 is 0. The highest BCUT2D eigenvalue weighted by atomic mass is 16.3. The monoisotopic (exact) mass is 136 g/mol. The minimum absolute atomic E-state index is 0.696. The second-order valence-corrected chi connectivity index (χ2v) is 2.06. The van der Waals surface area contributed by atoms with Crippen LogP contribution < -0.4 is 0 Å². The lowest BCUT2D eigenvalue weighted by molar-refractivity contribution is -0.104. The Morgan fingerprint density at radius 3 is 3.00 bits per heavy atom. The standard InChI is InChI=1S/C8H8O2/c1-7(5-9)4-8-2-3-10-6-8/h2-6H,1H3/b7-4+. The van der Waals surface area contributed by atoms with Gasteiger partial charge in [-0.25, -0.2) is 0 Å². The summed E-state index contributed by atoms with van der Waals surface area (Å²) in [5, 5.41) is 0. The number of rotatable bonds is 2. The summed E-state index contributed by atoms with van der Waals surface area (Å²) in [4.78, 5) is 10.1. The second-order valence-electron chi connectivity index (χ2n) is 2.06. The van der Waals surface area contributed by atoms with Gasteiger partial charge in [0.15, 0.2) is 0 Å². The van der Waals surface area contributed by atoms with Crippen molar-refractivity contribution in [2.24, 2.45) is 0 Å². The molecule has 0 unspecified atom stereocenters. The van der Waals surface area contributed by atoms with E-state index >= 15 is 0 Å². The first-order valence-corrected chi connectivity index (χ1v) is 2.98. The molecular weight excluding hydrogens is 128 g/mol. The zero-order valence-corrected chi connectivity index (χ0v) is 5.70. The van der Waals surface area contributed by atoms with Crippen LogP contribution in [-0.2, 0) is 4.79 Å². The van der Waals surface area contributed by atoms with E-state index in [0.29, 0.717) is 5.57 Å². The molecule has 0 N–H and O–H groups in total. The largest absolute Gasteiger partial charge is 0.472 e. The number of hydrogen-bond donors (Lipinski definition) is 0. The third-order valence-electron chi connectivity index (χ3n) is 1.12. The maximum atomic E-state index is 10.1. The number of allylic oxidation sites excluding steroid dienone is 1. The molecule has 0 atom stereocenters. The molecule has 52 valence electrons. The van der Waals surface area contributed by atoms with Gasteiger partial charge in [-0.1, -0.05) is 0 Å². The summed E-state index contributed by atoms with van der Waals surface area (Å²) in [7, 11) is 0. The van der Waals surface area contributed by atoms with Crippen molar-refractivity contribution in [2.75, 3.05) is 0 Å². The molecule has 0 aromatic carbocycles. The van der Waals surface area contributed by atoms with Gasteiger partial charge in [-0.3, -0.25) is 4.79 Å². The molecule has 0 radical (unpaired) electrons. The van der Waals surface area contributed by atoms with Gasteiger partial charge in [0.05, 0.1) is 12.5 Å². The Kier molecular flexibility index (Phi) is 2.05. The van der Waals surface area contributed by atoms with E-state index in [2.05, 4.69) is 0 Å². The zero-order valence-electron chi connectivity index (χ0n) is 5.70. The average molecular weight is 136 g/mol. The van der Waals surface area contributed by atoms with Crippen molar-refractivity contribution in [3.63, 3.8) is 0 Å². The van der Waals surface area contributed by atoms with Crippen LogP contribution in [0.1, 0.15) is 12.5 Å². The van der Waals surface area contributed by atoms with Crippen molar-refractivity contribution in [3.05, 3.63) is 29.7 Å². The molecule has 1 aromatic rings. The molecule has 0 bridgehead atoms. The molecule has 0 aliphatic heterocycles. The molecule has 0 aliphatic carbocycles. The van der Waals surface area contributed by atoms with E-state index in [0.717, 1.165) is 11.8 Å². The maximum absolute atomic E-state index is 10.1. The molecular formula is C8H8O2. The van der Waals surface area contributed by atoms with Gasteiger partial charge in [-0.2, -0.15) is 0 Å². The third kappa shape index (κ3) is 1.58. The van der Waals surface area contributed by atoms with E-state index in [4.69, 9.17) is 4.42 Å². The summed E-state index contributed by atoms with van der Waals surface area (Å²) in [5.41, 5.74) is 1.62. The topological polar surface area (TPSA) is 30.2 Å². The van der Waals surface area contributed by atoms with Crippen molar-refractivity contribution < 1.29 is 9.21 Å². The fourth-order valence-electron chi connectivity index (χ4n) is 0.654. The molecule has 2 nitrogen and oxygen atoms in total. The van der Waals surface area contributed by atoms with Crippen LogP contribution in [-0.4, -0.2) is 6.29 Å². The van der Waals surface area contributed by atoms with Crippen LogP contribution in [0.2, 0.25) is 0 Å². The van der Waals surface area contributed by atoms with E-state index in [1.165, 1.54) is 0 Å². The Morgan fingerprint density at radius 1 is 1.70 bits per heavy atom. The molecule has 10 heavy (non-hydrogen) atoms. The van der Waals surface area contributed by atoms with Crippen molar-refractivity contribution in [3.8, 4) is 0 Å². The van der Waals surface area contributed by atoms with Crippen LogP contribution in [0.5, 0.6) is 0 Å². The molecule has 0 fully saturated rings. The van der Waals surface area contributed by atoms with E-state index in [9.17, 15) is 4.79 Å². The predicted octanol–water partition coefficient (Wildman–Crippen LogP) is 1.88. The van der Waals surface area contributed by atoms with Crippen LogP contribution in [0.15, 0.2) is 28.6 Å². The van der Waals surface area contributed by atoms with E-state index < -0.39 is 0 Å². The molecule has 1 rings (SSSR count). The van der Waals surface area contributed by atoms with Gasteiger partial charge in [0, 0.05) is 5.56 Å². The Bertz CT molecular complexity index is 232. The SMILES string of the molecule is C/C(C=O)=C\c1ccoc1. The maximum Gasteiger partial charge on any atom is 0.145 e. The second kappa shape index (κ2) is 3.01. The minimum Gasteiger partial charge on any atom is -0.472 e. The van der Waals surface area contributed by atoms with Crippen LogP contribution in [0.25, 0.3) is 6.08 Å². The zero-order chi connectivity index (χ0) is 7.40. The Labute approximate surface area is 59.2 Å². The number of furan rings is 1. The Hall–Kier alpha value is -1.31. The van der Waals surface area contributed by atoms with Gasteiger partial charge in [0.2, 0.25) is 0 Å². The van der Waals surface area contributed by atoms with Gasteiger partial charge >= 0.3 is 0 Å². The van der Waals surface area contributed by atoms with E-state index in [1.807, 2.05) is 0 Å². The van der Waals surface area contributed by atoms with E-state index in [1.54, 1.807) is 31.6 Å². The summed E-state index contributed by atoms with van der Waals surface area (Å²) in [5.74, 6) is 0. The third-order valence-corrected chi connectivity index (χ3v) is 1.12. The Balaban J connectivity index is 2.80. The van der Waals surface area contributed by atoms with Gasteiger partial charge in [0.1, 0.15) is 6.29 Å². The summed E-state index contributed by atoms with van der Waals surface area (Å²) in [6.07, 6.45) is 5.74. The molecule has 0 saturated heterocycles. The van der Waals surface area contributed by atoms with Crippen molar-refractivity contribution in [1.82, 2.24) is 0 Å². The van der Waals surface area contributed by atoms with Crippen LogP contribution >= 0.6 is 0 Å². The number of carbonyl (C=O) groups is 1. The minimum atomic E-state index is 0.696. The van der Waals surface area contributed by atoms with Gasteiger partial charge in [-0.15, -0.1) is 0 Å². The van der Waals surface area contributed by atoms with E-state index in [-0.39, 0.29) is 0 Å². The molecule has 1 aromatic heterocycles. The van der Waals surface area contributed by atoms with Crippen molar-refractivity contribution in [1.29, 1.82) is 0 Å². The lowest BCUT2D eigenvalue weighted by Gasteiger charge is -1.82. The van der Waals surface area contributed by atoms with Gasteiger partial charge in [-0.05, 0) is 24.6 Å². The smallest absolute Gasteiger partial charge is 0.145 e. The number of carbonyl (C=O) groups excluding carboxylic acids is 1. The first-order chi connectivity index (χ1) is 4.83. The first-order valence-electron chi connectivity index (χ1n) is 2.98. The molecule has 2 heteroatoms. The first kappa shape index (κ1) is 6.81. The summed E-state index contributed by atoms with van der Waals surface area (Å²) in [6.45, 7) is 1.75. The highest BCUT2D eigenvalue weighted by Gasteiger charge is 1.88. The van der Waals surface area contributed by atoms with Crippen LogP contribution in [0, 0.1) is 0 Å². The van der Waals surface area contributed by atoms with Gasteiger partial charge in [0.25, 0.3) is 0 Å². The van der Waals surface area contributed by atoms with Crippen molar-refractivity contribution in [2.45, 2.75) is 6.92 Å². The molecule has 0 aliphatic rings. The molecule has 0 saturated carbocycles. The number of aldehydes is 1. The highest BCUT2D eigenvalue weighted by Crippen LogP contribution is 2.04. The normalized spacial score (nSPS) is 11.5. The molecule has 0 amide bonds. The highest BCUT2D eigenvalue weighted by molar-refractivity contribution is 5.80. The average Bonchev–Trinajstić information content (AvgIpc) is 2.40. The predicted molar refractivity (Wildman–Crippen MR) is 38.4 cm³/mol. The quantitative estimate of drug-likeness (QED) is 0.459. The fraction of sp³-hybridized carbons (Fsp3) is 0.125. The molecule has 0 spiro atoms. The van der Waals surface area contributed by atoms with Gasteiger partial charge < -0.3 is 4.42 Å². The van der Waals surface area contributed by atoms with Crippen LogP contribution in [0.3, 0.4) is 0 Å². The molecule has 1 heterocycles. The summed E-state index contributed by atoms with van der Waals surface area (Å²) < 4.78 is 4.80. The van der Waals surface area contributed by atoms with Crippen LogP contribution in [0.4, 0.5) is 0 Å². The number of hydrogen-bond acceptors (Lipinski definition) is 2. The Morgan fingerprint density at radius 2 is 2.50 bits per heavy atom. The lowest BCUT2D eigenvalue weighted by Crippen LogP contribution is -1.73. The van der Waals surface area contributed by atoms with Crippen molar-refractivity contribution >= 4 is 12.4 Å². The lowest BCUT2D eigenvalue weighted by atomic mass is 10.2. The summed E-state index contributed by atoms with van der Waals surface area (Å²) in [6, 6.07) is 1.80. The fourth-order valence-corrected chi connectivity index (χ4v) is 0.654.